The fourth-order valence-electron chi connectivity index (χ4n) is 5.56. The van der Waals surface area contributed by atoms with E-state index in [4.69, 9.17) is 31.3 Å². The molecule has 0 aromatic heterocycles. The van der Waals surface area contributed by atoms with Crippen molar-refractivity contribution < 1.29 is 41.8 Å². The van der Waals surface area contributed by atoms with E-state index in [1.165, 1.54) is 12.1 Å². The van der Waals surface area contributed by atoms with Gasteiger partial charge in [-0.15, -0.1) is 0 Å². The van der Waals surface area contributed by atoms with Crippen LogP contribution < -0.4 is 16.1 Å². The smallest absolute Gasteiger partial charge is 0.379 e. The van der Waals surface area contributed by atoms with Crippen molar-refractivity contribution in [2.75, 3.05) is 71.1 Å². The molecule has 3 aromatic rings. The lowest BCUT2D eigenvalue weighted by molar-refractivity contribution is -0.137. The standard InChI is InChI=1S/C37H42ClF3N8O6/c38-32-9-8-26(23-31(32)37(39,40)41)24-45-47-36(52)30-6-1-2-7-33(30)46-35(51)29-5-3-4-27(22-29)25-49-14-10-28(11-15-49)34(50)43-12-16-53-18-20-55-21-19-54-17-13-44-48-42/h1-9,22-24,28H,10-21,25H2,(H,43,50)(H,46,51)(H,47,52)/b45-24+. The summed E-state index contributed by atoms with van der Waals surface area (Å²) in [6.07, 6.45) is -2.20. The van der Waals surface area contributed by atoms with Crippen LogP contribution >= 0.6 is 11.6 Å². The summed E-state index contributed by atoms with van der Waals surface area (Å²) >= 11 is 5.66. The number of anilines is 1. The fraction of sp³-hybridized carbons (Fsp3) is 0.405. The Morgan fingerprint density at radius 2 is 1.62 bits per heavy atom. The molecule has 3 N–H and O–H groups in total. The van der Waals surface area contributed by atoms with Crippen LogP contribution in [0.4, 0.5) is 18.9 Å². The maximum atomic E-state index is 13.3. The Balaban J connectivity index is 1.17. The van der Waals surface area contributed by atoms with Crippen molar-refractivity contribution in [2.24, 2.45) is 16.1 Å². The largest absolute Gasteiger partial charge is 0.417 e. The number of nitrogens with one attached hydrogen (secondary N) is 3. The molecule has 3 aromatic carbocycles. The maximum Gasteiger partial charge on any atom is 0.417 e. The van der Waals surface area contributed by atoms with Gasteiger partial charge >= 0.3 is 6.18 Å². The average molecular weight is 787 g/mol. The second-order valence-corrected chi connectivity index (χ2v) is 12.7. The summed E-state index contributed by atoms with van der Waals surface area (Å²) in [4.78, 5) is 43.7. The third kappa shape index (κ3) is 14.6. The van der Waals surface area contributed by atoms with Crippen LogP contribution in [0.1, 0.15) is 50.2 Å². The van der Waals surface area contributed by atoms with E-state index in [1.54, 1.807) is 36.4 Å². The van der Waals surface area contributed by atoms with Crippen molar-refractivity contribution in [2.45, 2.75) is 25.6 Å². The van der Waals surface area contributed by atoms with Gasteiger partial charge in [-0.1, -0.05) is 47.0 Å². The lowest BCUT2D eigenvalue weighted by Gasteiger charge is -2.31. The SMILES string of the molecule is [N-]=[N+]=NCCOCCOCCOCCNC(=O)C1CCN(Cc2cccc(C(=O)Nc3ccccc3C(=O)N/N=C/c3ccc(Cl)c(C(F)(F)F)c3)c2)CC1. The van der Waals surface area contributed by atoms with E-state index in [2.05, 4.69) is 36.1 Å². The van der Waals surface area contributed by atoms with Gasteiger partial charge in [0, 0.05) is 36.0 Å². The van der Waals surface area contributed by atoms with Crippen LogP contribution in [0, 0.1) is 5.92 Å². The van der Waals surface area contributed by atoms with Gasteiger partial charge in [-0.25, -0.2) is 5.43 Å². The molecule has 1 fully saturated rings. The molecule has 14 nitrogen and oxygen atoms in total. The van der Waals surface area contributed by atoms with Crippen LogP contribution in [0.2, 0.25) is 5.02 Å². The van der Waals surface area contributed by atoms with Gasteiger partial charge in [0.15, 0.2) is 0 Å². The van der Waals surface area contributed by atoms with Crippen LogP contribution in [-0.2, 0) is 31.7 Å². The van der Waals surface area contributed by atoms with Gasteiger partial charge in [0.1, 0.15) is 0 Å². The zero-order valence-corrected chi connectivity index (χ0v) is 30.7. The van der Waals surface area contributed by atoms with E-state index in [9.17, 15) is 27.6 Å². The summed E-state index contributed by atoms with van der Waals surface area (Å²) in [5.74, 6) is -1.23. The summed E-state index contributed by atoms with van der Waals surface area (Å²) in [7, 11) is 0. The Labute approximate surface area is 321 Å². The molecule has 294 valence electrons. The number of ether oxygens (including phenoxy) is 3. The number of likely N-dealkylation sites (tertiary alicyclic amines) is 1. The topological polar surface area (TPSA) is 179 Å². The van der Waals surface area contributed by atoms with E-state index >= 15 is 0 Å². The van der Waals surface area contributed by atoms with Crippen molar-refractivity contribution in [3.63, 3.8) is 0 Å². The van der Waals surface area contributed by atoms with Gasteiger partial charge in [-0.05, 0) is 79.0 Å². The quantitative estimate of drug-likeness (QED) is 0.0311. The number of nitrogens with zero attached hydrogens (tertiary/aromatic N) is 5. The molecule has 4 rings (SSSR count). The van der Waals surface area contributed by atoms with Crippen LogP contribution in [0.25, 0.3) is 10.4 Å². The van der Waals surface area contributed by atoms with E-state index in [0.29, 0.717) is 84.2 Å². The number of alkyl halides is 3. The number of halogens is 4. The Kier molecular flexibility index (Phi) is 17.4. The predicted octanol–water partition coefficient (Wildman–Crippen LogP) is 6.06. The molecule has 0 bridgehead atoms. The highest BCUT2D eigenvalue weighted by Crippen LogP contribution is 2.35. The number of hydrogen-bond donors (Lipinski definition) is 3. The predicted molar refractivity (Wildman–Crippen MR) is 200 cm³/mol. The number of benzene rings is 3. The van der Waals surface area contributed by atoms with Crippen molar-refractivity contribution in [1.29, 1.82) is 0 Å². The molecule has 0 saturated carbocycles. The van der Waals surface area contributed by atoms with Gasteiger partial charge in [-0.3, -0.25) is 19.3 Å². The molecule has 0 radical (unpaired) electrons. The molecule has 1 aliphatic heterocycles. The van der Waals surface area contributed by atoms with Crippen molar-refractivity contribution >= 4 is 41.2 Å². The van der Waals surface area contributed by atoms with Crippen LogP contribution in [-0.4, -0.2) is 94.7 Å². The first-order chi connectivity index (χ1) is 26.5. The highest BCUT2D eigenvalue weighted by atomic mass is 35.5. The molecule has 18 heteroatoms. The van der Waals surface area contributed by atoms with E-state index in [1.807, 2.05) is 6.07 Å². The number of carbonyl (C=O) groups excluding carboxylic acids is 3. The fourth-order valence-corrected chi connectivity index (χ4v) is 5.78. The summed E-state index contributed by atoms with van der Waals surface area (Å²) < 4.78 is 55.7. The summed E-state index contributed by atoms with van der Waals surface area (Å²) in [5.41, 5.74) is 11.1. The zero-order chi connectivity index (χ0) is 39.5. The number of azide groups is 1. The molecule has 3 amide bonds. The second-order valence-electron chi connectivity index (χ2n) is 12.3. The molecule has 1 aliphatic rings. The van der Waals surface area contributed by atoms with Crippen molar-refractivity contribution in [1.82, 2.24) is 15.6 Å². The van der Waals surface area contributed by atoms with Gasteiger partial charge in [-0.2, -0.15) is 18.3 Å². The number of amides is 3. The van der Waals surface area contributed by atoms with Crippen LogP contribution in [0.15, 0.2) is 76.9 Å². The van der Waals surface area contributed by atoms with Crippen LogP contribution in [0.5, 0.6) is 0 Å². The third-order valence-electron chi connectivity index (χ3n) is 8.34. The normalized spacial score (nSPS) is 13.7. The zero-order valence-electron chi connectivity index (χ0n) is 29.9. The number of rotatable bonds is 20. The second kappa shape index (κ2) is 22.4. The minimum Gasteiger partial charge on any atom is -0.379 e. The van der Waals surface area contributed by atoms with E-state index in [-0.39, 0.29) is 35.2 Å². The number of para-hydroxylation sites is 1. The first-order valence-electron chi connectivity index (χ1n) is 17.5. The molecule has 0 atom stereocenters. The monoisotopic (exact) mass is 786 g/mol. The molecule has 0 unspecified atom stereocenters. The molecule has 1 saturated heterocycles. The highest BCUT2D eigenvalue weighted by molar-refractivity contribution is 6.31. The van der Waals surface area contributed by atoms with Crippen LogP contribution in [0.3, 0.4) is 0 Å². The maximum absolute atomic E-state index is 13.3. The Morgan fingerprint density at radius 1 is 0.909 bits per heavy atom. The first-order valence-corrected chi connectivity index (χ1v) is 17.9. The van der Waals surface area contributed by atoms with E-state index in [0.717, 1.165) is 23.9 Å². The molecular formula is C37H42ClF3N8O6. The van der Waals surface area contributed by atoms with Crippen molar-refractivity contribution in [3.05, 3.63) is 110 Å². The summed E-state index contributed by atoms with van der Waals surface area (Å²) in [6.45, 7) is 5.01. The number of hydrazone groups is 1. The molecule has 55 heavy (non-hydrogen) atoms. The number of hydrogen-bond acceptors (Lipinski definition) is 9. The molecule has 0 spiro atoms. The van der Waals surface area contributed by atoms with Gasteiger partial charge in [0.25, 0.3) is 11.8 Å². The number of carbonyl (C=O) groups is 3. The molecular weight excluding hydrogens is 745 g/mol. The van der Waals surface area contributed by atoms with E-state index < -0.39 is 28.6 Å². The van der Waals surface area contributed by atoms with Gasteiger partial charge < -0.3 is 24.8 Å². The number of piperidine rings is 1. The first kappa shape index (κ1) is 42.7. The summed E-state index contributed by atoms with van der Waals surface area (Å²) in [6, 6.07) is 16.7. The van der Waals surface area contributed by atoms with Crippen molar-refractivity contribution in [3.8, 4) is 0 Å². The summed E-state index contributed by atoms with van der Waals surface area (Å²) in [5, 5.41) is 12.4. The van der Waals surface area contributed by atoms with Gasteiger partial charge in [0.05, 0.1) is 67.7 Å². The lowest BCUT2D eigenvalue weighted by Crippen LogP contribution is -2.41. The molecule has 1 heterocycles. The third-order valence-corrected chi connectivity index (χ3v) is 8.67. The van der Waals surface area contributed by atoms with Gasteiger partial charge in [0.2, 0.25) is 5.91 Å². The Morgan fingerprint density at radius 3 is 2.35 bits per heavy atom. The highest BCUT2D eigenvalue weighted by Gasteiger charge is 2.33. The Bertz CT molecular complexity index is 1820. The average Bonchev–Trinajstić information content (AvgIpc) is 3.17. The minimum atomic E-state index is -4.65. The lowest BCUT2D eigenvalue weighted by atomic mass is 9.95. The molecule has 0 aliphatic carbocycles. The Hall–Kier alpha value is -5.03. The minimum absolute atomic E-state index is 0.00195.